The van der Waals surface area contributed by atoms with Gasteiger partial charge in [0.25, 0.3) is 0 Å². The van der Waals surface area contributed by atoms with Crippen LogP contribution in [0.4, 0.5) is 5.82 Å². The van der Waals surface area contributed by atoms with E-state index in [0.717, 1.165) is 25.2 Å². The van der Waals surface area contributed by atoms with Crippen molar-refractivity contribution in [2.45, 2.75) is 38.6 Å². The average Bonchev–Trinajstić information content (AvgIpc) is 2.27. The van der Waals surface area contributed by atoms with E-state index in [9.17, 15) is 0 Å². The van der Waals surface area contributed by atoms with Crippen LogP contribution in [-0.2, 0) is 12.8 Å². The summed E-state index contributed by atoms with van der Waals surface area (Å²) in [6.07, 6.45) is 6.38. The van der Waals surface area contributed by atoms with Crippen LogP contribution in [0.15, 0.2) is 6.33 Å². The molecule has 0 aliphatic heterocycles. The lowest BCUT2D eigenvalue weighted by Crippen LogP contribution is -2.34. The van der Waals surface area contributed by atoms with Crippen LogP contribution >= 0.6 is 0 Å². The molecule has 2 rings (SSSR count). The Bertz CT molecular complexity index is 362. The third-order valence-electron chi connectivity index (χ3n) is 3.03. The smallest absolute Gasteiger partial charge is 0.135 e. The Labute approximate surface area is 96.9 Å². The molecular weight excluding hydrogens is 200 g/mol. The molecule has 0 fully saturated rings. The number of anilines is 1. The van der Waals surface area contributed by atoms with Crippen LogP contribution in [-0.4, -0.2) is 29.6 Å². The number of hydrogen-bond acceptors (Lipinski definition) is 4. The normalized spacial score (nSPS) is 16.7. The summed E-state index contributed by atoms with van der Waals surface area (Å²) in [7, 11) is 2.06. The first-order valence-corrected chi connectivity index (χ1v) is 5.98. The van der Waals surface area contributed by atoms with Crippen molar-refractivity contribution in [3.05, 3.63) is 17.6 Å². The standard InChI is InChI=1S/C12H20N4/c1-9(13)7-16(2)12-10-5-3-4-6-11(10)14-8-15-12/h8-9H,3-7,13H2,1-2H3. The topological polar surface area (TPSA) is 55.0 Å². The molecule has 1 aliphatic rings. The molecule has 0 saturated heterocycles. The third-order valence-corrected chi connectivity index (χ3v) is 3.03. The minimum absolute atomic E-state index is 0.166. The first-order chi connectivity index (χ1) is 7.68. The maximum absolute atomic E-state index is 5.82. The molecule has 16 heavy (non-hydrogen) atoms. The van der Waals surface area contributed by atoms with Crippen LogP contribution in [0.2, 0.25) is 0 Å². The van der Waals surface area contributed by atoms with E-state index in [1.165, 1.54) is 24.1 Å². The highest BCUT2D eigenvalue weighted by Crippen LogP contribution is 2.26. The Morgan fingerprint density at radius 1 is 1.38 bits per heavy atom. The quantitative estimate of drug-likeness (QED) is 0.830. The van der Waals surface area contributed by atoms with E-state index in [0.29, 0.717) is 0 Å². The van der Waals surface area contributed by atoms with Crippen molar-refractivity contribution in [2.24, 2.45) is 5.73 Å². The lowest BCUT2D eigenvalue weighted by atomic mass is 9.96. The predicted octanol–water partition coefficient (Wildman–Crippen LogP) is 1.14. The molecule has 2 N–H and O–H groups in total. The lowest BCUT2D eigenvalue weighted by molar-refractivity contribution is 0.650. The van der Waals surface area contributed by atoms with Gasteiger partial charge >= 0.3 is 0 Å². The van der Waals surface area contributed by atoms with E-state index in [2.05, 4.69) is 21.9 Å². The second-order valence-corrected chi connectivity index (χ2v) is 4.69. The van der Waals surface area contributed by atoms with Crippen molar-refractivity contribution in [3.8, 4) is 0 Å². The number of rotatable bonds is 3. The molecule has 1 heterocycles. The Kier molecular flexibility index (Phi) is 3.39. The zero-order valence-electron chi connectivity index (χ0n) is 10.1. The maximum atomic E-state index is 5.82. The summed E-state index contributed by atoms with van der Waals surface area (Å²) in [5.41, 5.74) is 8.38. The fourth-order valence-electron chi connectivity index (χ4n) is 2.35. The second-order valence-electron chi connectivity index (χ2n) is 4.69. The molecule has 4 heteroatoms. The number of likely N-dealkylation sites (N-methyl/N-ethyl adjacent to an activating group) is 1. The summed E-state index contributed by atoms with van der Waals surface area (Å²) >= 11 is 0. The van der Waals surface area contributed by atoms with Crippen molar-refractivity contribution in [1.82, 2.24) is 9.97 Å². The molecule has 1 atom stereocenters. The fraction of sp³-hybridized carbons (Fsp3) is 0.667. The molecule has 0 spiro atoms. The monoisotopic (exact) mass is 220 g/mol. The number of fused-ring (bicyclic) bond motifs is 1. The van der Waals surface area contributed by atoms with Gasteiger partial charge in [0.1, 0.15) is 12.1 Å². The first-order valence-electron chi connectivity index (χ1n) is 5.98. The second kappa shape index (κ2) is 4.78. The zero-order chi connectivity index (χ0) is 11.5. The van der Waals surface area contributed by atoms with Gasteiger partial charge in [0.15, 0.2) is 0 Å². The molecule has 1 aliphatic carbocycles. The number of aromatic nitrogens is 2. The summed E-state index contributed by atoms with van der Waals surface area (Å²) in [5, 5.41) is 0. The molecule has 1 aromatic heterocycles. The van der Waals surface area contributed by atoms with Crippen LogP contribution in [0.5, 0.6) is 0 Å². The molecule has 0 bridgehead atoms. The van der Waals surface area contributed by atoms with Crippen LogP contribution < -0.4 is 10.6 Å². The van der Waals surface area contributed by atoms with E-state index < -0.39 is 0 Å². The predicted molar refractivity (Wildman–Crippen MR) is 65.6 cm³/mol. The number of hydrogen-bond donors (Lipinski definition) is 1. The maximum Gasteiger partial charge on any atom is 0.135 e. The van der Waals surface area contributed by atoms with Gasteiger partial charge in [0.2, 0.25) is 0 Å². The minimum Gasteiger partial charge on any atom is -0.358 e. The van der Waals surface area contributed by atoms with Gasteiger partial charge in [-0.2, -0.15) is 0 Å². The number of nitrogens with zero attached hydrogens (tertiary/aromatic N) is 3. The zero-order valence-corrected chi connectivity index (χ0v) is 10.1. The number of nitrogens with two attached hydrogens (primary N) is 1. The molecule has 88 valence electrons. The van der Waals surface area contributed by atoms with Crippen LogP contribution in [0.25, 0.3) is 0 Å². The molecule has 0 saturated carbocycles. The summed E-state index contributed by atoms with van der Waals surface area (Å²) in [6.45, 7) is 2.85. The van der Waals surface area contributed by atoms with E-state index in [4.69, 9.17) is 5.73 Å². The van der Waals surface area contributed by atoms with Gasteiger partial charge in [0, 0.05) is 30.9 Å². The Morgan fingerprint density at radius 3 is 2.88 bits per heavy atom. The van der Waals surface area contributed by atoms with Crippen molar-refractivity contribution in [1.29, 1.82) is 0 Å². The third kappa shape index (κ3) is 2.32. The van der Waals surface area contributed by atoms with Crippen molar-refractivity contribution < 1.29 is 0 Å². The van der Waals surface area contributed by atoms with E-state index in [1.54, 1.807) is 6.33 Å². The molecule has 1 unspecified atom stereocenters. The summed E-state index contributed by atoms with van der Waals surface area (Å²) in [5.74, 6) is 1.07. The van der Waals surface area contributed by atoms with Crippen LogP contribution in [0.3, 0.4) is 0 Å². The summed E-state index contributed by atoms with van der Waals surface area (Å²) in [6, 6.07) is 0.166. The molecule has 4 nitrogen and oxygen atoms in total. The summed E-state index contributed by atoms with van der Waals surface area (Å²) in [4.78, 5) is 10.9. The molecule has 1 aromatic rings. The van der Waals surface area contributed by atoms with E-state index in [1.807, 2.05) is 6.92 Å². The molecule has 0 amide bonds. The van der Waals surface area contributed by atoms with Gasteiger partial charge in [-0.15, -0.1) is 0 Å². The Balaban J connectivity index is 2.26. The molecule has 0 radical (unpaired) electrons. The SMILES string of the molecule is CC(N)CN(C)c1ncnc2c1CCCC2. The highest BCUT2D eigenvalue weighted by atomic mass is 15.2. The van der Waals surface area contributed by atoms with Gasteiger partial charge in [-0.25, -0.2) is 9.97 Å². The van der Waals surface area contributed by atoms with Crippen LogP contribution in [0.1, 0.15) is 31.0 Å². The van der Waals surface area contributed by atoms with Gasteiger partial charge in [0.05, 0.1) is 0 Å². The molecular formula is C12H20N4. The first kappa shape index (κ1) is 11.3. The largest absolute Gasteiger partial charge is 0.358 e. The summed E-state index contributed by atoms with van der Waals surface area (Å²) < 4.78 is 0. The Hall–Kier alpha value is -1.16. The van der Waals surface area contributed by atoms with Gasteiger partial charge in [-0.05, 0) is 32.6 Å². The van der Waals surface area contributed by atoms with Crippen LogP contribution in [0, 0.1) is 0 Å². The van der Waals surface area contributed by atoms with Crippen molar-refractivity contribution in [2.75, 3.05) is 18.5 Å². The van der Waals surface area contributed by atoms with Gasteiger partial charge in [-0.3, -0.25) is 0 Å². The van der Waals surface area contributed by atoms with Gasteiger partial charge in [-0.1, -0.05) is 0 Å². The fourth-order valence-corrected chi connectivity index (χ4v) is 2.35. The highest BCUT2D eigenvalue weighted by molar-refractivity contribution is 5.49. The van der Waals surface area contributed by atoms with Crippen molar-refractivity contribution >= 4 is 5.82 Å². The minimum atomic E-state index is 0.166. The van der Waals surface area contributed by atoms with E-state index >= 15 is 0 Å². The highest BCUT2D eigenvalue weighted by Gasteiger charge is 2.18. The average molecular weight is 220 g/mol. The van der Waals surface area contributed by atoms with Gasteiger partial charge < -0.3 is 10.6 Å². The number of aryl methyl sites for hydroxylation is 1. The molecule has 0 aromatic carbocycles. The Morgan fingerprint density at radius 2 is 2.12 bits per heavy atom. The lowest BCUT2D eigenvalue weighted by Gasteiger charge is -2.25. The van der Waals surface area contributed by atoms with E-state index in [-0.39, 0.29) is 6.04 Å². The van der Waals surface area contributed by atoms with Crippen molar-refractivity contribution in [3.63, 3.8) is 0 Å².